The lowest BCUT2D eigenvalue weighted by atomic mass is 10.1. The van der Waals surface area contributed by atoms with E-state index in [-0.39, 0.29) is 4.90 Å². The number of sulfonamides is 1. The van der Waals surface area contributed by atoms with Crippen molar-refractivity contribution >= 4 is 15.7 Å². The molecule has 8 nitrogen and oxygen atoms in total. The molecule has 168 valence electrons. The Morgan fingerprint density at radius 2 is 1.53 bits per heavy atom. The maximum Gasteiger partial charge on any atom is 0.264 e. The Labute approximate surface area is 196 Å². The highest BCUT2D eigenvalue weighted by Gasteiger charge is 2.37. The molecule has 6 rings (SSSR count). The summed E-state index contributed by atoms with van der Waals surface area (Å²) in [6, 6.07) is 26.4. The van der Waals surface area contributed by atoms with Crippen LogP contribution in [0.2, 0.25) is 0 Å². The van der Waals surface area contributed by atoms with E-state index < -0.39 is 10.0 Å². The lowest BCUT2D eigenvalue weighted by Crippen LogP contribution is -2.30. The van der Waals surface area contributed by atoms with Gasteiger partial charge in [0.05, 0.1) is 29.0 Å². The molecule has 9 heteroatoms. The van der Waals surface area contributed by atoms with E-state index in [0.29, 0.717) is 34.9 Å². The molecule has 3 aromatic carbocycles. The average molecular weight is 469 g/mol. The van der Waals surface area contributed by atoms with Gasteiger partial charge in [-0.25, -0.2) is 13.1 Å². The molecule has 0 fully saturated rings. The Balaban J connectivity index is 1.53. The first-order valence-corrected chi connectivity index (χ1v) is 12.2. The van der Waals surface area contributed by atoms with Crippen LogP contribution in [-0.4, -0.2) is 40.2 Å². The van der Waals surface area contributed by atoms with E-state index in [2.05, 4.69) is 10.3 Å². The zero-order chi connectivity index (χ0) is 23.3. The minimum Gasteiger partial charge on any atom is -0.265 e. The van der Waals surface area contributed by atoms with Crippen LogP contribution in [0.15, 0.2) is 96.0 Å². The number of para-hydroxylation sites is 1. The second kappa shape index (κ2) is 7.67. The first-order chi connectivity index (χ1) is 16.5. The van der Waals surface area contributed by atoms with Crippen molar-refractivity contribution in [3.63, 3.8) is 0 Å². The van der Waals surface area contributed by atoms with Crippen LogP contribution in [0, 0.1) is 0 Å². The van der Waals surface area contributed by atoms with Crippen molar-refractivity contribution in [2.24, 2.45) is 0 Å². The number of hydrogen-bond acceptors (Lipinski definition) is 5. The Bertz CT molecular complexity index is 1610. The number of anilines is 1. The number of rotatable bonds is 4. The third-order valence-electron chi connectivity index (χ3n) is 5.94. The monoisotopic (exact) mass is 468 g/mol. The predicted molar refractivity (Wildman–Crippen MR) is 129 cm³/mol. The molecule has 2 aromatic heterocycles. The Kier molecular flexibility index (Phi) is 4.59. The van der Waals surface area contributed by atoms with Gasteiger partial charge < -0.3 is 0 Å². The predicted octanol–water partition coefficient (Wildman–Crippen LogP) is 3.98. The van der Waals surface area contributed by atoms with Crippen molar-refractivity contribution in [1.29, 1.82) is 0 Å². The fourth-order valence-corrected chi connectivity index (χ4v) is 5.72. The molecule has 0 atom stereocenters. The zero-order valence-corrected chi connectivity index (χ0v) is 19.1. The molecule has 0 saturated heterocycles. The van der Waals surface area contributed by atoms with E-state index in [1.165, 1.54) is 4.31 Å². The van der Waals surface area contributed by atoms with Crippen LogP contribution >= 0.6 is 0 Å². The van der Waals surface area contributed by atoms with Crippen molar-refractivity contribution in [2.45, 2.75) is 11.4 Å². The van der Waals surface area contributed by atoms with E-state index in [0.717, 1.165) is 11.3 Å². The van der Waals surface area contributed by atoms with E-state index in [1.807, 2.05) is 77.6 Å². The van der Waals surface area contributed by atoms with Crippen molar-refractivity contribution < 1.29 is 8.42 Å². The molecule has 1 aliphatic heterocycles. The van der Waals surface area contributed by atoms with Gasteiger partial charge in [0, 0.05) is 18.2 Å². The summed E-state index contributed by atoms with van der Waals surface area (Å²) in [6.07, 6.45) is 1.86. The van der Waals surface area contributed by atoms with Gasteiger partial charge in [0.1, 0.15) is 17.1 Å². The molecule has 34 heavy (non-hydrogen) atoms. The molecule has 0 bridgehead atoms. The highest BCUT2D eigenvalue weighted by atomic mass is 32.2. The van der Waals surface area contributed by atoms with Gasteiger partial charge in [-0.05, 0) is 18.2 Å². The number of benzene rings is 3. The third-order valence-corrected chi connectivity index (χ3v) is 7.76. The van der Waals surface area contributed by atoms with Crippen LogP contribution in [0.3, 0.4) is 0 Å². The first kappa shape index (κ1) is 20.4. The molecular formula is C25H20N6O2S. The summed E-state index contributed by atoms with van der Waals surface area (Å²) in [7, 11) is -2.13. The lowest BCUT2D eigenvalue weighted by Gasteiger charge is -2.26. The van der Waals surface area contributed by atoms with Gasteiger partial charge in [0.2, 0.25) is 0 Å². The second-order valence-electron chi connectivity index (χ2n) is 8.03. The standard InChI is InChI=1S/C25H20N6O2S/c1-29-25-23(21-14-8-9-15-22(21)34(29,32)33)27-31(24(25)18-10-4-2-5-11-18)17-19-16-30(28-26-19)20-12-6-3-7-13-20/h2-16H,17H2,1H3. The Morgan fingerprint density at radius 1 is 0.853 bits per heavy atom. The van der Waals surface area contributed by atoms with Gasteiger partial charge >= 0.3 is 0 Å². The molecule has 0 unspecified atom stereocenters. The van der Waals surface area contributed by atoms with Crippen LogP contribution < -0.4 is 4.31 Å². The first-order valence-electron chi connectivity index (χ1n) is 10.8. The molecule has 0 N–H and O–H groups in total. The summed E-state index contributed by atoms with van der Waals surface area (Å²) in [4.78, 5) is 0.254. The average Bonchev–Trinajstić information content (AvgIpc) is 3.49. The minimum atomic E-state index is -3.71. The maximum absolute atomic E-state index is 13.3. The van der Waals surface area contributed by atoms with Crippen LogP contribution in [0.1, 0.15) is 5.69 Å². The smallest absolute Gasteiger partial charge is 0.264 e. The second-order valence-corrected chi connectivity index (χ2v) is 9.97. The molecule has 5 aromatic rings. The Hall–Kier alpha value is -4.24. The van der Waals surface area contributed by atoms with Crippen LogP contribution in [0.25, 0.3) is 28.2 Å². The number of aromatic nitrogens is 5. The Morgan fingerprint density at radius 3 is 2.29 bits per heavy atom. The number of fused-ring (bicyclic) bond motifs is 3. The normalized spacial score (nSPS) is 14.0. The number of hydrogen-bond donors (Lipinski definition) is 0. The SMILES string of the molecule is CN1c2c(nn(Cc3cn(-c4ccccc4)nn3)c2-c2ccccc2)-c2ccccc2S1(=O)=O. The van der Waals surface area contributed by atoms with Crippen LogP contribution in [0.4, 0.5) is 5.69 Å². The molecule has 0 radical (unpaired) electrons. The van der Waals surface area contributed by atoms with Gasteiger partial charge in [0.25, 0.3) is 10.0 Å². The van der Waals surface area contributed by atoms with Crippen molar-refractivity contribution in [1.82, 2.24) is 24.8 Å². The highest BCUT2D eigenvalue weighted by molar-refractivity contribution is 7.93. The van der Waals surface area contributed by atoms with E-state index in [1.54, 1.807) is 29.9 Å². The fraction of sp³-hybridized carbons (Fsp3) is 0.0800. The molecule has 0 spiro atoms. The third kappa shape index (κ3) is 3.12. The summed E-state index contributed by atoms with van der Waals surface area (Å²) in [5.41, 5.74) is 4.98. The van der Waals surface area contributed by atoms with Gasteiger partial charge in [0.15, 0.2) is 0 Å². The van der Waals surface area contributed by atoms with E-state index in [4.69, 9.17) is 5.10 Å². The van der Waals surface area contributed by atoms with Gasteiger partial charge in [-0.2, -0.15) is 5.10 Å². The van der Waals surface area contributed by atoms with Crippen LogP contribution in [0.5, 0.6) is 0 Å². The quantitative estimate of drug-likeness (QED) is 0.398. The minimum absolute atomic E-state index is 0.254. The van der Waals surface area contributed by atoms with Crippen molar-refractivity contribution in [3.8, 4) is 28.2 Å². The largest absolute Gasteiger partial charge is 0.265 e. The van der Waals surface area contributed by atoms with Crippen molar-refractivity contribution in [3.05, 3.63) is 96.8 Å². The maximum atomic E-state index is 13.3. The summed E-state index contributed by atoms with van der Waals surface area (Å²) in [5.74, 6) is 0. The van der Waals surface area contributed by atoms with E-state index in [9.17, 15) is 8.42 Å². The van der Waals surface area contributed by atoms with Crippen LogP contribution in [-0.2, 0) is 16.6 Å². The van der Waals surface area contributed by atoms with E-state index >= 15 is 0 Å². The molecular weight excluding hydrogens is 448 g/mol. The topological polar surface area (TPSA) is 85.9 Å². The zero-order valence-electron chi connectivity index (χ0n) is 18.3. The molecule has 0 amide bonds. The van der Waals surface area contributed by atoms with Gasteiger partial charge in [-0.1, -0.05) is 71.9 Å². The lowest BCUT2D eigenvalue weighted by molar-refractivity contribution is 0.594. The summed E-state index contributed by atoms with van der Waals surface area (Å²) >= 11 is 0. The van der Waals surface area contributed by atoms with Gasteiger partial charge in [-0.15, -0.1) is 5.10 Å². The fourth-order valence-electron chi connectivity index (χ4n) is 4.31. The molecule has 0 aliphatic carbocycles. The molecule has 0 saturated carbocycles. The molecule has 3 heterocycles. The highest BCUT2D eigenvalue weighted by Crippen LogP contribution is 2.46. The van der Waals surface area contributed by atoms with Crippen molar-refractivity contribution in [2.75, 3.05) is 11.4 Å². The molecule has 1 aliphatic rings. The summed E-state index contributed by atoms with van der Waals surface area (Å²) in [6.45, 7) is 0.333. The summed E-state index contributed by atoms with van der Waals surface area (Å²) in [5, 5.41) is 13.5. The number of nitrogens with zero attached hydrogens (tertiary/aromatic N) is 6. The summed E-state index contributed by atoms with van der Waals surface area (Å²) < 4.78 is 31.5. The van der Waals surface area contributed by atoms with Gasteiger partial charge in [-0.3, -0.25) is 8.99 Å².